The van der Waals surface area contributed by atoms with Gasteiger partial charge in [-0.15, -0.1) is 0 Å². The van der Waals surface area contributed by atoms with E-state index in [1.807, 2.05) is 51.1 Å². The van der Waals surface area contributed by atoms with Crippen LogP contribution in [0, 0.1) is 5.41 Å². The van der Waals surface area contributed by atoms with Crippen molar-refractivity contribution in [1.29, 1.82) is 0 Å². The van der Waals surface area contributed by atoms with Crippen LogP contribution in [-0.2, 0) is 9.59 Å². The van der Waals surface area contributed by atoms with Crippen molar-refractivity contribution in [2.75, 3.05) is 11.9 Å². The quantitative estimate of drug-likeness (QED) is 0.345. The lowest BCUT2D eigenvalue weighted by Gasteiger charge is -2.29. The maximum atomic E-state index is 12.6. The van der Waals surface area contributed by atoms with E-state index in [1.165, 1.54) is 6.07 Å². The molecule has 1 amide bonds. The molecule has 0 unspecified atom stereocenters. The molecule has 1 aliphatic rings. The number of amides is 1. The summed E-state index contributed by atoms with van der Waals surface area (Å²) in [4.78, 5) is 37.0. The van der Waals surface area contributed by atoms with Gasteiger partial charge in [-0.1, -0.05) is 64.1 Å². The fourth-order valence-corrected chi connectivity index (χ4v) is 4.04. The van der Waals surface area contributed by atoms with Crippen LogP contribution in [0.25, 0.3) is 0 Å². The lowest BCUT2D eigenvalue weighted by Crippen LogP contribution is -2.34. The molecule has 1 atom stereocenters. The summed E-state index contributed by atoms with van der Waals surface area (Å²) in [6.07, 6.45) is 1.80. The standard InChI is InChI=1S/C28H35N3O4/c1-5-21(18-10-7-6-8-11-18)30-23-16-24(33)25(23)31-22-13-9-12-20(26(22)34)27(35)29-15-14-19(32)17-28(2,3)4/h6-13,21,30-31,34H,5,14-17H2,1-4H3,(H,29,35)/t21-/m1/s1. The Morgan fingerprint density at radius 2 is 1.77 bits per heavy atom. The first-order valence-electron chi connectivity index (χ1n) is 12.1. The smallest absolute Gasteiger partial charge is 0.255 e. The monoisotopic (exact) mass is 477 g/mol. The third-order valence-electron chi connectivity index (χ3n) is 5.83. The van der Waals surface area contributed by atoms with Gasteiger partial charge in [0, 0.05) is 25.1 Å². The molecule has 0 radical (unpaired) electrons. The maximum absolute atomic E-state index is 12.6. The number of hydrogen-bond donors (Lipinski definition) is 4. The Balaban J connectivity index is 1.67. The molecule has 35 heavy (non-hydrogen) atoms. The third kappa shape index (κ3) is 6.94. The Morgan fingerprint density at radius 3 is 2.40 bits per heavy atom. The number of Topliss-reactive ketones (excluding diaryl/α,β-unsaturated/α-hetero) is 2. The number of carbonyl (C=O) groups is 3. The Bertz CT molecular complexity index is 1120. The van der Waals surface area contributed by atoms with Gasteiger partial charge in [0.05, 0.1) is 23.7 Å². The average Bonchev–Trinajstić information content (AvgIpc) is 2.80. The summed E-state index contributed by atoms with van der Waals surface area (Å²) in [5.74, 6) is -0.708. The van der Waals surface area contributed by atoms with Crippen molar-refractivity contribution in [2.24, 2.45) is 5.41 Å². The van der Waals surface area contributed by atoms with Gasteiger partial charge in [-0.2, -0.15) is 0 Å². The minimum atomic E-state index is -0.475. The highest BCUT2D eigenvalue weighted by molar-refractivity contribution is 6.07. The Labute approximate surface area is 207 Å². The number of benzene rings is 2. The van der Waals surface area contributed by atoms with E-state index in [0.29, 0.717) is 12.1 Å². The summed E-state index contributed by atoms with van der Waals surface area (Å²) in [5, 5.41) is 19.9. The zero-order chi connectivity index (χ0) is 25.6. The van der Waals surface area contributed by atoms with Gasteiger partial charge in [-0.05, 0) is 29.5 Å². The molecule has 186 valence electrons. The summed E-state index contributed by atoms with van der Waals surface area (Å²) >= 11 is 0. The van der Waals surface area contributed by atoms with Gasteiger partial charge in [0.2, 0.25) is 0 Å². The maximum Gasteiger partial charge on any atom is 0.255 e. The predicted molar refractivity (Wildman–Crippen MR) is 137 cm³/mol. The van der Waals surface area contributed by atoms with E-state index >= 15 is 0 Å². The number of phenolic OH excluding ortho intramolecular Hbond substituents is 1. The van der Waals surface area contributed by atoms with Gasteiger partial charge in [-0.3, -0.25) is 14.4 Å². The molecular weight excluding hydrogens is 442 g/mol. The first-order chi connectivity index (χ1) is 16.6. The number of ketones is 2. The van der Waals surface area contributed by atoms with Gasteiger partial charge in [-0.25, -0.2) is 0 Å². The van der Waals surface area contributed by atoms with Gasteiger partial charge >= 0.3 is 0 Å². The van der Waals surface area contributed by atoms with Crippen LogP contribution in [-0.4, -0.2) is 29.1 Å². The fourth-order valence-electron chi connectivity index (χ4n) is 4.04. The molecule has 7 heteroatoms. The van der Waals surface area contributed by atoms with Crippen LogP contribution < -0.4 is 16.0 Å². The van der Waals surface area contributed by atoms with Crippen LogP contribution in [0.3, 0.4) is 0 Å². The second kappa shape index (κ2) is 11.2. The summed E-state index contributed by atoms with van der Waals surface area (Å²) in [6.45, 7) is 8.25. The van der Waals surface area contributed by atoms with Crippen LogP contribution >= 0.6 is 0 Å². The number of allylic oxidation sites excluding steroid dienone is 2. The third-order valence-corrected chi connectivity index (χ3v) is 5.83. The average molecular weight is 478 g/mol. The molecule has 4 N–H and O–H groups in total. The lowest BCUT2D eigenvalue weighted by molar-refractivity contribution is -0.120. The number of para-hydroxylation sites is 1. The van der Waals surface area contributed by atoms with E-state index in [-0.39, 0.29) is 59.4 Å². The molecule has 0 aromatic heterocycles. The fraction of sp³-hybridized carbons (Fsp3) is 0.393. The van der Waals surface area contributed by atoms with Gasteiger partial charge in [0.25, 0.3) is 5.91 Å². The highest BCUT2D eigenvalue weighted by Gasteiger charge is 2.30. The number of carbonyl (C=O) groups excluding carboxylic acids is 3. The molecule has 1 aliphatic carbocycles. The zero-order valence-electron chi connectivity index (χ0n) is 20.9. The SMILES string of the molecule is CC[C@@H](NC1=C(Nc2cccc(C(=O)NCCC(=O)CC(C)(C)C)c2O)C(=O)C1)c1ccccc1. The van der Waals surface area contributed by atoms with E-state index in [0.717, 1.165) is 17.7 Å². The van der Waals surface area contributed by atoms with Crippen LogP contribution in [0.2, 0.25) is 0 Å². The van der Waals surface area contributed by atoms with Crippen molar-refractivity contribution in [2.45, 2.75) is 59.4 Å². The molecule has 0 heterocycles. The number of nitrogens with one attached hydrogen (secondary N) is 3. The van der Waals surface area contributed by atoms with E-state index in [9.17, 15) is 19.5 Å². The van der Waals surface area contributed by atoms with Crippen molar-refractivity contribution in [3.63, 3.8) is 0 Å². The molecule has 0 saturated heterocycles. The van der Waals surface area contributed by atoms with Gasteiger partial charge in [0.15, 0.2) is 11.5 Å². The molecule has 0 fully saturated rings. The molecule has 2 aromatic rings. The molecule has 0 aliphatic heterocycles. The predicted octanol–water partition coefficient (Wildman–Crippen LogP) is 4.85. The van der Waals surface area contributed by atoms with Gasteiger partial charge in [0.1, 0.15) is 11.5 Å². The summed E-state index contributed by atoms with van der Waals surface area (Å²) < 4.78 is 0. The highest BCUT2D eigenvalue weighted by Crippen LogP contribution is 2.33. The Hall–Kier alpha value is -3.61. The van der Waals surface area contributed by atoms with Crippen molar-refractivity contribution in [1.82, 2.24) is 10.6 Å². The molecule has 0 spiro atoms. The first-order valence-corrected chi connectivity index (χ1v) is 12.1. The second-order valence-corrected chi connectivity index (χ2v) is 10.1. The number of aromatic hydroxyl groups is 1. The highest BCUT2D eigenvalue weighted by atomic mass is 16.3. The normalized spacial score (nSPS) is 14.2. The van der Waals surface area contributed by atoms with Crippen molar-refractivity contribution >= 4 is 23.2 Å². The molecular formula is C28H35N3O4. The number of phenols is 1. The largest absolute Gasteiger partial charge is 0.505 e. The Morgan fingerprint density at radius 1 is 1.06 bits per heavy atom. The molecule has 7 nitrogen and oxygen atoms in total. The molecule has 0 saturated carbocycles. The van der Waals surface area contributed by atoms with Crippen molar-refractivity contribution < 1.29 is 19.5 Å². The van der Waals surface area contributed by atoms with E-state index < -0.39 is 5.91 Å². The summed E-state index contributed by atoms with van der Waals surface area (Å²) in [5.41, 5.74) is 2.55. The van der Waals surface area contributed by atoms with E-state index in [4.69, 9.17) is 0 Å². The zero-order valence-corrected chi connectivity index (χ0v) is 20.9. The first kappa shape index (κ1) is 26.0. The van der Waals surface area contributed by atoms with E-state index in [1.54, 1.807) is 12.1 Å². The van der Waals surface area contributed by atoms with Crippen LogP contribution in [0.5, 0.6) is 5.75 Å². The number of hydrogen-bond acceptors (Lipinski definition) is 6. The number of rotatable bonds is 11. The van der Waals surface area contributed by atoms with Crippen LogP contribution in [0.4, 0.5) is 5.69 Å². The van der Waals surface area contributed by atoms with E-state index in [2.05, 4.69) is 22.9 Å². The number of anilines is 1. The Kier molecular flexibility index (Phi) is 8.33. The van der Waals surface area contributed by atoms with Crippen LogP contribution in [0.1, 0.15) is 75.3 Å². The lowest BCUT2D eigenvalue weighted by atomic mass is 9.89. The van der Waals surface area contributed by atoms with Crippen molar-refractivity contribution in [3.8, 4) is 5.75 Å². The van der Waals surface area contributed by atoms with Crippen molar-refractivity contribution in [3.05, 3.63) is 71.1 Å². The molecule has 0 bridgehead atoms. The van der Waals surface area contributed by atoms with Crippen LogP contribution in [0.15, 0.2) is 59.9 Å². The molecule has 2 aromatic carbocycles. The minimum absolute atomic E-state index is 0.0582. The topological polar surface area (TPSA) is 108 Å². The summed E-state index contributed by atoms with van der Waals surface area (Å²) in [6, 6.07) is 14.8. The summed E-state index contributed by atoms with van der Waals surface area (Å²) in [7, 11) is 0. The minimum Gasteiger partial charge on any atom is -0.505 e. The second-order valence-electron chi connectivity index (χ2n) is 10.1. The van der Waals surface area contributed by atoms with Gasteiger partial charge < -0.3 is 21.1 Å². The molecule has 3 rings (SSSR count).